The van der Waals surface area contributed by atoms with Gasteiger partial charge in [-0.2, -0.15) is 0 Å². The molecule has 1 aromatic rings. The van der Waals surface area contributed by atoms with Crippen LogP contribution in [-0.2, 0) is 11.3 Å². The predicted molar refractivity (Wildman–Crippen MR) is 104 cm³/mol. The van der Waals surface area contributed by atoms with E-state index in [-0.39, 0.29) is 5.82 Å². The lowest BCUT2D eigenvalue weighted by Gasteiger charge is -2.25. The third-order valence-electron chi connectivity index (χ3n) is 5.70. The number of guanidine groups is 1. The molecular formula is C20H31FN4O. The average Bonchev–Trinajstić information content (AvgIpc) is 3.28. The Balaban J connectivity index is 1.60. The summed E-state index contributed by atoms with van der Waals surface area (Å²) in [5, 5.41) is 3.39. The molecule has 1 atom stereocenters. The summed E-state index contributed by atoms with van der Waals surface area (Å²) in [6.45, 7) is 9.98. The number of nitrogens with one attached hydrogen (secondary N) is 1. The van der Waals surface area contributed by atoms with Gasteiger partial charge in [-0.3, -0.25) is 4.99 Å². The van der Waals surface area contributed by atoms with Crippen LogP contribution < -0.4 is 10.2 Å². The van der Waals surface area contributed by atoms with Gasteiger partial charge >= 0.3 is 0 Å². The molecule has 0 aromatic heterocycles. The molecule has 6 heteroatoms. The summed E-state index contributed by atoms with van der Waals surface area (Å²) in [6, 6.07) is 5.50. The predicted octanol–water partition coefficient (Wildman–Crippen LogP) is 2.86. The zero-order chi connectivity index (χ0) is 18.6. The van der Waals surface area contributed by atoms with Crippen molar-refractivity contribution in [3.05, 3.63) is 29.6 Å². The molecule has 1 unspecified atom stereocenters. The van der Waals surface area contributed by atoms with E-state index < -0.39 is 0 Å². The van der Waals surface area contributed by atoms with Crippen molar-refractivity contribution in [2.75, 3.05) is 51.3 Å². The van der Waals surface area contributed by atoms with Crippen LogP contribution in [0.2, 0.25) is 0 Å². The molecule has 0 radical (unpaired) electrons. The zero-order valence-corrected chi connectivity index (χ0v) is 16.2. The highest BCUT2D eigenvalue weighted by Crippen LogP contribution is 2.38. The first kappa shape index (κ1) is 19.0. The fourth-order valence-corrected chi connectivity index (χ4v) is 4.08. The molecule has 1 aromatic carbocycles. The lowest BCUT2D eigenvalue weighted by molar-refractivity contribution is 0.156. The highest BCUT2D eigenvalue weighted by molar-refractivity contribution is 5.80. The molecule has 26 heavy (non-hydrogen) atoms. The normalized spacial score (nSPS) is 23.1. The van der Waals surface area contributed by atoms with Gasteiger partial charge in [-0.25, -0.2) is 4.39 Å². The molecule has 3 rings (SSSR count). The van der Waals surface area contributed by atoms with Crippen LogP contribution in [0.15, 0.2) is 23.2 Å². The molecule has 0 bridgehead atoms. The van der Waals surface area contributed by atoms with E-state index in [4.69, 9.17) is 4.74 Å². The van der Waals surface area contributed by atoms with Crippen LogP contribution >= 0.6 is 0 Å². The number of nitrogens with zero attached hydrogens (tertiary/aromatic N) is 3. The number of benzene rings is 1. The summed E-state index contributed by atoms with van der Waals surface area (Å²) in [6.07, 6.45) is 2.29. The number of likely N-dealkylation sites (tertiary alicyclic amines) is 1. The molecule has 0 amide bonds. The van der Waals surface area contributed by atoms with Gasteiger partial charge in [0.05, 0.1) is 12.3 Å². The molecule has 1 N–H and O–H groups in total. The van der Waals surface area contributed by atoms with E-state index in [1.54, 1.807) is 6.07 Å². The maximum absolute atomic E-state index is 14.5. The third-order valence-corrected chi connectivity index (χ3v) is 5.70. The van der Waals surface area contributed by atoms with E-state index in [1.807, 2.05) is 37.9 Å². The van der Waals surface area contributed by atoms with Crippen molar-refractivity contribution in [1.29, 1.82) is 0 Å². The Morgan fingerprint density at radius 3 is 2.77 bits per heavy atom. The van der Waals surface area contributed by atoms with E-state index in [0.29, 0.717) is 17.6 Å². The van der Waals surface area contributed by atoms with Gasteiger partial charge in [0.25, 0.3) is 0 Å². The summed E-state index contributed by atoms with van der Waals surface area (Å²) in [4.78, 5) is 8.75. The summed E-state index contributed by atoms with van der Waals surface area (Å²) < 4.78 is 20.1. The highest BCUT2D eigenvalue weighted by atomic mass is 19.1. The van der Waals surface area contributed by atoms with Crippen LogP contribution in [0.5, 0.6) is 0 Å². The van der Waals surface area contributed by atoms with Gasteiger partial charge in [0.2, 0.25) is 0 Å². The topological polar surface area (TPSA) is 40.1 Å². The van der Waals surface area contributed by atoms with Crippen LogP contribution in [0, 0.1) is 11.2 Å². The minimum atomic E-state index is -0.161. The molecule has 0 saturated carbocycles. The molecule has 2 heterocycles. The number of anilines is 1. The third kappa shape index (κ3) is 3.95. The number of aliphatic imine (C=N–C) groups is 1. The van der Waals surface area contributed by atoms with Gasteiger partial charge in [0.15, 0.2) is 5.96 Å². The quantitative estimate of drug-likeness (QED) is 0.646. The van der Waals surface area contributed by atoms with E-state index in [2.05, 4.69) is 15.2 Å². The SMILES string of the molecule is CCN(CC)c1ccc(CNC(=NC)N2CCC3(CCOC3)C2)cc1F. The summed E-state index contributed by atoms with van der Waals surface area (Å²) in [5.74, 6) is 0.730. The molecule has 144 valence electrons. The summed E-state index contributed by atoms with van der Waals surface area (Å²) >= 11 is 0. The molecule has 2 fully saturated rings. The lowest BCUT2D eigenvalue weighted by Crippen LogP contribution is -2.41. The summed E-state index contributed by atoms with van der Waals surface area (Å²) in [5.41, 5.74) is 1.90. The Labute approximate surface area is 156 Å². The van der Waals surface area contributed by atoms with Gasteiger partial charge < -0.3 is 19.9 Å². The molecule has 2 saturated heterocycles. The van der Waals surface area contributed by atoms with Crippen LogP contribution in [0.4, 0.5) is 10.1 Å². The molecule has 1 spiro atoms. The van der Waals surface area contributed by atoms with Crippen LogP contribution in [-0.4, -0.2) is 57.3 Å². The Kier molecular flexibility index (Phi) is 6.01. The maximum atomic E-state index is 14.5. The molecule has 0 aliphatic carbocycles. The maximum Gasteiger partial charge on any atom is 0.193 e. The number of rotatable bonds is 5. The molecule has 5 nitrogen and oxygen atoms in total. The van der Waals surface area contributed by atoms with E-state index in [0.717, 1.165) is 63.8 Å². The molecule has 2 aliphatic rings. The van der Waals surface area contributed by atoms with Crippen molar-refractivity contribution >= 4 is 11.6 Å². The minimum absolute atomic E-state index is 0.161. The van der Waals surface area contributed by atoms with Crippen molar-refractivity contribution in [2.45, 2.75) is 33.2 Å². The fourth-order valence-electron chi connectivity index (χ4n) is 4.08. The Morgan fingerprint density at radius 2 is 2.15 bits per heavy atom. The van der Waals surface area contributed by atoms with Crippen molar-refractivity contribution in [1.82, 2.24) is 10.2 Å². The minimum Gasteiger partial charge on any atom is -0.381 e. The van der Waals surface area contributed by atoms with Crippen molar-refractivity contribution < 1.29 is 9.13 Å². The fraction of sp³-hybridized carbons (Fsp3) is 0.650. The standard InChI is InChI=1S/C20H31FN4O/c1-4-24(5-2)18-7-6-16(12-17(18)21)13-23-19(22-3)25-10-8-20(14-25)9-11-26-15-20/h6-7,12H,4-5,8-11,13-15H2,1-3H3,(H,22,23). The monoisotopic (exact) mass is 362 g/mol. The van der Waals surface area contributed by atoms with Crippen molar-refractivity contribution in [3.8, 4) is 0 Å². The van der Waals surface area contributed by atoms with Crippen molar-refractivity contribution in [2.24, 2.45) is 10.4 Å². The lowest BCUT2D eigenvalue weighted by atomic mass is 9.87. The van der Waals surface area contributed by atoms with Gasteiger partial charge in [-0.15, -0.1) is 0 Å². The first-order chi connectivity index (χ1) is 12.6. The van der Waals surface area contributed by atoms with Gasteiger partial charge in [-0.05, 0) is 44.4 Å². The Morgan fingerprint density at radius 1 is 1.35 bits per heavy atom. The largest absolute Gasteiger partial charge is 0.381 e. The van der Waals surface area contributed by atoms with Crippen LogP contribution in [0.25, 0.3) is 0 Å². The number of halogens is 1. The Hall–Kier alpha value is -1.82. The van der Waals surface area contributed by atoms with E-state index in [9.17, 15) is 4.39 Å². The van der Waals surface area contributed by atoms with Crippen molar-refractivity contribution in [3.63, 3.8) is 0 Å². The van der Waals surface area contributed by atoms with Crippen LogP contribution in [0.3, 0.4) is 0 Å². The van der Waals surface area contributed by atoms with Gasteiger partial charge in [0.1, 0.15) is 5.82 Å². The Bertz CT molecular complexity index is 639. The molecular weight excluding hydrogens is 331 g/mol. The second kappa shape index (κ2) is 8.25. The van der Waals surface area contributed by atoms with Gasteiger partial charge in [0, 0.05) is 51.8 Å². The highest BCUT2D eigenvalue weighted by Gasteiger charge is 2.42. The van der Waals surface area contributed by atoms with Crippen LogP contribution in [0.1, 0.15) is 32.3 Å². The average molecular weight is 362 g/mol. The number of ether oxygens (including phenoxy) is 1. The number of hydrogen-bond donors (Lipinski definition) is 1. The van der Waals surface area contributed by atoms with E-state index >= 15 is 0 Å². The zero-order valence-electron chi connectivity index (χ0n) is 16.2. The second-order valence-electron chi connectivity index (χ2n) is 7.33. The number of hydrogen-bond acceptors (Lipinski definition) is 3. The summed E-state index contributed by atoms with van der Waals surface area (Å²) in [7, 11) is 1.81. The second-order valence-corrected chi connectivity index (χ2v) is 7.33. The smallest absolute Gasteiger partial charge is 0.193 e. The molecule has 2 aliphatic heterocycles. The van der Waals surface area contributed by atoms with E-state index in [1.165, 1.54) is 0 Å². The first-order valence-electron chi connectivity index (χ1n) is 9.67. The van der Waals surface area contributed by atoms with Gasteiger partial charge in [-0.1, -0.05) is 6.07 Å². The first-order valence-corrected chi connectivity index (χ1v) is 9.67.